The molecule has 112 valence electrons. The second-order valence-electron chi connectivity index (χ2n) is 5.79. The largest absolute Gasteiger partial charge is 0.478 e. The molecule has 2 aliphatic heterocycles. The normalized spacial score (nSPS) is 19.0. The number of hydrogen-bond donors (Lipinski definition) is 2. The topological polar surface area (TPSA) is 78.9 Å². The van der Waals surface area contributed by atoms with Crippen molar-refractivity contribution in [1.29, 1.82) is 0 Å². The lowest BCUT2D eigenvalue weighted by Crippen LogP contribution is -2.59. The lowest BCUT2D eigenvalue weighted by molar-refractivity contribution is -0.133. The summed E-state index contributed by atoms with van der Waals surface area (Å²) in [4.78, 5) is 24.9. The molecule has 3 rings (SSSR count). The van der Waals surface area contributed by atoms with Crippen LogP contribution in [0, 0.1) is 0 Å². The molecular formula is C15H18N2O4. The average Bonchev–Trinajstić information content (AvgIpc) is 2.85. The zero-order valence-corrected chi connectivity index (χ0v) is 11.9. The summed E-state index contributed by atoms with van der Waals surface area (Å²) in [5.74, 6) is -1.03. The maximum atomic E-state index is 12.3. The first-order chi connectivity index (χ1) is 9.98. The number of rotatable bonds is 4. The molecule has 0 spiro atoms. The summed E-state index contributed by atoms with van der Waals surface area (Å²) in [6.45, 7) is 4.14. The fourth-order valence-electron chi connectivity index (χ4n) is 2.69. The van der Waals surface area contributed by atoms with Gasteiger partial charge in [0.05, 0.1) is 11.2 Å². The Balaban J connectivity index is 1.68. The van der Waals surface area contributed by atoms with Crippen LogP contribution in [0.4, 0.5) is 5.69 Å². The molecule has 0 saturated carbocycles. The summed E-state index contributed by atoms with van der Waals surface area (Å²) in [7, 11) is 0. The van der Waals surface area contributed by atoms with Crippen LogP contribution in [0.1, 0.15) is 22.8 Å². The first-order valence-corrected chi connectivity index (χ1v) is 7.00. The van der Waals surface area contributed by atoms with Crippen molar-refractivity contribution in [3.63, 3.8) is 0 Å². The Hall–Kier alpha value is -1.92. The van der Waals surface area contributed by atoms with E-state index in [2.05, 4.69) is 5.32 Å². The monoisotopic (exact) mass is 290 g/mol. The molecule has 21 heavy (non-hydrogen) atoms. The number of fused-ring (bicyclic) bond motifs is 1. The van der Waals surface area contributed by atoms with Crippen molar-refractivity contribution in [1.82, 2.24) is 5.32 Å². The summed E-state index contributed by atoms with van der Waals surface area (Å²) in [6.07, 6.45) is 0.682. The Labute approximate surface area is 122 Å². The highest BCUT2D eigenvalue weighted by atomic mass is 16.5. The van der Waals surface area contributed by atoms with Crippen molar-refractivity contribution in [3.05, 3.63) is 29.3 Å². The highest BCUT2D eigenvalue weighted by Gasteiger charge is 2.34. The molecule has 0 atom stereocenters. The number of carboxylic acid groups (broad SMARTS) is 1. The molecule has 1 aromatic rings. The predicted molar refractivity (Wildman–Crippen MR) is 76.7 cm³/mol. The van der Waals surface area contributed by atoms with Gasteiger partial charge >= 0.3 is 5.97 Å². The highest BCUT2D eigenvalue weighted by molar-refractivity contribution is 5.97. The van der Waals surface area contributed by atoms with Crippen LogP contribution >= 0.6 is 0 Å². The van der Waals surface area contributed by atoms with Crippen molar-refractivity contribution in [2.45, 2.75) is 18.9 Å². The van der Waals surface area contributed by atoms with Crippen LogP contribution in [0.25, 0.3) is 0 Å². The van der Waals surface area contributed by atoms with E-state index in [1.54, 1.807) is 17.0 Å². The van der Waals surface area contributed by atoms with Crippen LogP contribution < -0.4 is 10.2 Å². The van der Waals surface area contributed by atoms with E-state index in [9.17, 15) is 9.59 Å². The molecule has 1 fully saturated rings. The number of nitrogens with zero attached hydrogens (tertiary/aromatic N) is 1. The van der Waals surface area contributed by atoms with Crippen molar-refractivity contribution in [2.75, 3.05) is 31.1 Å². The van der Waals surface area contributed by atoms with E-state index < -0.39 is 5.97 Å². The van der Waals surface area contributed by atoms with E-state index in [-0.39, 0.29) is 23.7 Å². The van der Waals surface area contributed by atoms with Gasteiger partial charge in [0.25, 0.3) is 5.91 Å². The van der Waals surface area contributed by atoms with Gasteiger partial charge in [-0.15, -0.1) is 0 Å². The van der Waals surface area contributed by atoms with Crippen molar-refractivity contribution in [3.8, 4) is 0 Å². The van der Waals surface area contributed by atoms with Gasteiger partial charge in [-0.1, -0.05) is 0 Å². The molecule has 1 amide bonds. The highest BCUT2D eigenvalue weighted by Crippen LogP contribution is 2.29. The summed E-state index contributed by atoms with van der Waals surface area (Å²) in [6, 6.07) is 4.88. The third-order valence-electron chi connectivity index (χ3n) is 4.07. The number of ether oxygens (including phenoxy) is 1. The smallest absolute Gasteiger partial charge is 0.335 e. The fourth-order valence-corrected chi connectivity index (χ4v) is 2.69. The number of carboxylic acids is 1. The zero-order chi connectivity index (χ0) is 15.0. The summed E-state index contributed by atoms with van der Waals surface area (Å²) in [5.41, 5.74) is 1.71. The molecular weight excluding hydrogens is 272 g/mol. The second kappa shape index (κ2) is 5.13. The minimum absolute atomic E-state index is 0.0539. The maximum Gasteiger partial charge on any atom is 0.335 e. The number of carbonyl (C=O) groups excluding carboxylic acids is 1. The number of nitrogens with one attached hydrogen (secondary N) is 1. The van der Waals surface area contributed by atoms with Crippen LogP contribution in [0.3, 0.4) is 0 Å². The van der Waals surface area contributed by atoms with Crippen LogP contribution in [0.5, 0.6) is 0 Å². The van der Waals surface area contributed by atoms with Gasteiger partial charge in [0.15, 0.2) is 0 Å². The molecule has 6 heteroatoms. The fraction of sp³-hybridized carbons (Fsp3) is 0.467. The Kier molecular flexibility index (Phi) is 3.43. The molecule has 2 heterocycles. The average molecular weight is 290 g/mol. The van der Waals surface area contributed by atoms with Crippen LogP contribution in [0.15, 0.2) is 18.2 Å². The second-order valence-corrected chi connectivity index (χ2v) is 5.79. The van der Waals surface area contributed by atoms with E-state index >= 15 is 0 Å². The Morgan fingerprint density at radius 1 is 1.43 bits per heavy atom. The Morgan fingerprint density at radius 3 is 2.81 bits per heavy atom. The molecule has 0 unspecified atom stereocenters. The van der Waals surface area contributed by atoms with E-state index in [0.29, 0.717) is 13.0 Å². The molecule has 6 nitrogen and oxygen atoms in total. The lowest BCUT2D eigenvalue weighted by Gasteiger charge is -2.39. The summed E-state index contributed by atoms with van der Waals surface area (Å²) in [5, 5.41) is 12.1. The van der Waals surface area contributed by atoms with Gasteiger partial charge in [-0.05, 0) is 37.1 Å². The lowest BCUT2D eigenvalue weighted by atomic mass is 10.0. The van der Waals surface area contributed by atoms with Crippen molar-refractivity contribution >= 4 is 17.6 Å². The maximum absolute atomic E-state index is 12.3. The summed E-state index contributed by atoms with van der Waals surface area (Å²) >= 11 is 0. The Morgan fingerprint density at radius 2 is 2.19 bits per heavy atom. The van der Waals surface area contributed by atoms with Crippen molar-refractivity contribution < 1.29 is 19.4 Å². The molecule has 1 saturated heterocycles. The molecule has 0 aliphatic carbocycles. The van der Waals surface area contributed by atoms with Gasteiger partial charge in [0.1, 0.15) is 6.61 Å². The molecule has 2 N–H and O–H groups in total. The minimum Gasteiger partial charge on any atom is -0.478 e. The first-order valence-electron chi connectivity index (χ1n) is 7.00. The molecule has 0 bridgehead atoms. The van der Waals surface area contributed by atoms with Crippen LogP contribution in [-0.2, 0) is 16.0 Å². The summed E-state index contributed by atoms with van der Waals surface area (Å²) < 4.78 is 5.67. The third kappa shape index (κ3) is 2.64. The number of benzene rings is 1. The molecule has 2 aliphatic rings. The molecule has 0 radical (unpaired) electrons. The number of carbonyl (C=O) groups is 2. The van der Waals surface area contributed by atoms with E-state index in [1.807, 2.05) is 6.92 Å². The quantitative estimate of drug-likeness (QED) is 0.851. The van der Waals surface area contributed by atoms with Gasteiger partial charge in [0.2, 0.25) is 0 Å². The van der Waals surface area contributed by atoms with Crippen LogP contribution in [-0.4, -0.2) is 48.8 Å². The zero-order valence-electron chi connectivity index (χ0n) is 11.9. The van der Waals surface area contributed by atoms with E-state index in [4.69, 9.17) is 9.84 Å². The number of anilines is 1. The van der Waals surface area contributed by atoms with Gasteiger partial charge in [0, 0.05) is 25.3 Å². The van der Waals surface area contributed by atoms with Gasteiger partial charge in [-0.3, -0.25) is 4.79 Å². The number of hydrogen-bond acceptors (Lipinski definition) is 4. The van der Waals surface area contributed by atoms with Gasteiger partial charge in [-0.2, -0.15) is 0 Å². The minimum atomic E-state index is -0.948. The number of aromatic carboxylic acids is 1. The predicted octanol–water partition coefficient (Wildman–Crippen LogP) is 0.652. The van der Waals surface area contributed by atoms with Crippen molar-refractivity contribution in [2.24, 2.45) is 0 Å². The van der Waals surface area contributed by atoms with Gasteiger partial charge in [-0.25, -0.2) is 4.79 Å². The Bertz CT molecular complexity index is 595. The molecule has 0 aromatic heterocycles. The molecule has 1 aromatic carbocycles. The SMILES string of the molecule is CC1(OCC(=O)N2CCc3cc(C(=O)O)ccc32)CNC1. The first kappa shape index (κ1) is 14.0. The number of amides is 1. The van der Waals surface area contributed by atoms with Gasteiger partial charge < -0.3 is 20.1 Å². The van der Waals surface area contributed by atoms with E-state index in [0.717, 1.165) is 24.3 Å². The van der Waals surface area contributed by atoms with E-state index in [1.165, 1.54) is 6.07 Å². The standard InChI is InChI=1S/C15H18N2O4/c1-15(8-16-9-15)21-7-13(18)17-5-4-10-6-11(14(19)20)2-3-12(10)17/h2-3,6,16H,4-5,7-9H2,1H3,(H,19,20). The van der Waals surface area contributed by atoms with Crippen LogP contribution in [0.2, 0.25) is 0 Å². The third-order valence-corrected chi connectivity index (χ3v) is 4.07.